The van der Waals surface area contributed by atoms with Gasteiger partial charge in [0.05, 0.1) is 13.2 Å². The zero-order chi connectivity index (χ0) is 14.4. The van der Waals surface area contributed by atoms with Crippen molar-refractivity contribution in [2.45, 2.75) is 71.0 Å². The molecule has 0 amide bonds. The second-order valence-electron chi connectivity index (χ2n) is 6.08. The third-order valence-corrected chi connectivity index (χ3v) is 4.53. The van der Waals surface area contributed by atoms with E-state index in [9.17, 15) is 5.11 Å². The van der Waals surface area contributed by atoms with E-state index in [1.165, 1.54) is 32.1 Å². The maximum atomic E-state index is 9.82. The van der Waals surface area contributed by atoms with Gasteiger partial charge in [-0.3, -0.25) is 0 Å². The van der Waals surface area contributed by atoms with Crippen LogP contribution in [0.5, 0.6) is 0 Å². The van der Waals surface area contributed by atoms with E-state index < -0.39 is 0 Å². The van der Waals surface area contributed by atoms with E-state index in [2.05, 4.69) is 34.7 Å². The van der Waals surface area contributed by atoms with Crippen LogP contribution in [0, 0.1) is 5.92 Å². The maximum absolute atomic E-state index is 9.82. The number of rotatable bonds is 7. The van der Waals surface area contributed by atoms with Crippen molar-refractivity contribution in [3.8, 4) is 0 Å². The van der Waals surface area contributed by atoms with Gasteiger partial charge < -0.3 is 10.4 Å². The molecule has 0 saturated heterocycles. The second kappa shape index (κ2) is 7.13. The minimum atomic E-state index is -0.233. The summed E-state index contributed by atoms with van der Waals surface area (Å²) in [6.07, 6.45) is 7.28. The summed E-state index contributed by atoms with van der Waals surface area (Å²) in [4.78, 5) is 0. The van der Waals surface area contributed by atoms with Crippen LogP contribution in [0.15, 0.2) is 0 Å². The Hall–Kier alpha value is -1.01. The molecule has 1 atom stereocenters. The molecule has 0 bridgehead atoms. The molecule has 2 rings (SSSR count). The van der Waals surface area contributed by atoms with Crippen LogP contribution >= 0.6 is 0 Å². The lowest BCUT2D eigenvalue weighted by Gasteiger charge is -2.39. The molecule has 0 aromatic carbocycles. The van der Waals surface area contributed by atoms with Crippen LogP contribution in [0.1, 0.15) is 58.2 Å². The van der Waals surface area contributed by atoms with Gasteiger partial charge in [-0.25, -0.2) is 4.68 Å². The summed E-state index contributed by atoms with van der Waals surface area (Å²) in [5.74, 6) is 1.39. The number of aliphatic hydroxyl groups excluding tert-OH is 1. The molecule has 1 aliphatic carbocycles. The number of aliphatic hydroxyl groups is 1. The summed E-state index contributed by atoms with van der Waals surface area (Å²) >= 11 is 0. The van der Waals surface area contributed by atoms with Crippen LogP contribution < -0.4 is 5.32 Å². The summed E-state index contributed by atoms with van der Waals surface area (Å²) in [5.41, 5.74) is -0.233. The number of tetrazole rings is 1. The molecular formula is C14H27N5O. The number of hydrogen-bond donors (Lipinski definition) is 2. The molecule has 20 heavy (non-hydrogen) atoms. The van der Waals surface area contributed by atoms with Gasteiger partial charge in [-0.1, -0.05) is 26.2 Å². The molecular weight excluding hydrogens is 254 g/mol. The van der Waals surface area contributed by atoms with Crippen LogP contribution in [0.2, 0.25) is 0 Å². The molecule has 0 unspecified atom stereocenters. The lowest BCUT2D eigenvalue weighted by atomic mass is 9.76. The molecule has 1 fully saturated rings. The van der Waals surface area contributed by atoms with Gasteiger partial charge >= 0.3 is 0 Å². The van der Waals surface area contributed by atoms with Crippen LogP contribution in [-0.2, 0) is 13.1 Å². The quantitative estimate of drug-likeness (QED) is 0.792. The fourth-order valence-electron chi connectivity index (χ4n) is 3.09. The Balaban J connectivity index is 1.96. The smallest absolute Gasteiger partial charge is 0.165 e. The standard InChI is InChI=1S/C14H27N5O/c1-3-9-19-13(16-17-18-19)10-15-14(2,11-20)12-7-5-4-6-8-12/h12,15,20H,3-11H2,1-2H3/t14-/m1/s1. The zero-order valence-corrected chi connectivity index (χ0v) is 12.7. The molecule has 1 aromatic rings. The van der Waals surface area contributed by atoms with E-state index in [-0.39, 0.29) is 12.1 Å². The predicted octanol–water partition coefficient (Wildman–Crippen LogP) is 1.50. The highest BCUT2D eigenvalue weighted by Gasteiger charge is 2.34. The molecule has 1 heterocycles. The molecule has 0 spiro atoms. The van der Waals surface area contributed by atoms with Crippen molar-refractivity contribution in [3.63, 3.8) is 0 Å². The van der Waals surface area contributed by atoms with E-state index in [0.29, 0.717) is 12.5 Å². The van der Waals surface area contributed by atoms with Gasteiger partial charge in [-0.05, 0) is 42.5 Å². The van der Waals surface area contributed by atoms with Crippen molar-refractivity contribution in [3.05, 3.63) is 5.82 Å². The Morgan fingerprint density at radius 3 is 2.75 bits per heavy atom. The Kier molecular flexibility index (Phi) is 5.48. The molecule has 0 radical (unpaired) electrons. The second-order valence-corrected chi connectivity index (χ2v) is 6.08. The number of aryl methyl sites for hydroxylation is 1. The van der Waals surface area contributed by atoms with Crippen LogP contribution in [0.3, 0.4) is 0 Å². The minimum Gasteiger partial charge on any atom is -0.394 e. The van der Waals surface area contributed by atoms with Gasteiger partial charge in [-0.2, -0.15) is 0 Å². The Labute approximate surface area is 120 Å². The van der Waals surface area contributed by atoms with Gasteiger partial charge in [0.25, 0.3) is 0 Å². The average Bonchev–Trinajstić information content (AvgIpc) is 2.93. The highest BCUT2D eigenvalue weighted by molar-refractivity contribution is 4.93. The summed E-state index contributed by atoms with van der Waals surface area (Å²) < 4.78 is 1.84. The largest absolute Gasteiger partial charge is 0.394 e. The van der Waals surface area contributed by atoms with E-state index in [1.807, 2.05) is 4.68 Å². The molecule has 6 heteroatoms. The average molecular weight is 281 g/mol. The molecule has 114 valence electrons. The van der Waals surface area contributed by atoms with E-state index in [0.717, 1.165) is 18.8 Å². The van der Waals surface area contributed by atoms with Gasteiger partial charge in [0.2, 0.25) is 0 Å². The Morgan fingerprint density at radius 2 is 2.10 bits per heavy atom. The van der Waals surface area contributed by atoms with Crippen LogP contribution in [0.4, 0.5) is 0 Å². The van der Waals surface area contributed by atoms with Crippen molar-refractivity contribution >= 4 is 0 Å². The zero-order valence-electron chi connectivity index (χ0n) is 12.7. The van der Waals surface area contributed by atoms with Crippen LogP contribution in [-0.4, -0.2) is 37.5 Å². The number of hydrogen-bond acceptors (Lipinski definition) is 5. The molecule has 2 N–H and O–H groups in total. The summed E-state index contributed by atoms with van der Waals surface area (Å²) in [7, 11) is 0. The summed E-state index contributed by atoms with van der Waals surface area (Å²) in [6.45, 7) is 5.84. The Morgan fingerprint density at radius 1 is 1.35 bits per heavy atom. The molecule has 1 aromatic heterocycles. The fraction of sp³-hybridized carbons (Fsp3) is 0.929. The minimum absolute atomic E-state index is 0.160. The Bertz CT molecular complexity index is 402. The van der Waals surface area contributed by atoms with Gasteiger partial charge in [0.1, 0.15) is 0 Å². The summed E-state index contributed by atoms with van der Waals surface area (Å²) in [6, 6.07) is 0. The highest BCUT2D eigenvalue weighted by Crippen LogP contribution is 2.32. The predicted molar refractivity (Wildman–Crippen MR) is 77.0 cm³/mol. The molecule has 0 aliphatic heterocycles. The normalized spacial score (nSPS) is 19.9. The fourth-order valence-corrected chi connectivity index (χ4v) is 3.09. The number of aromatic nitrogens is 4. The maximum Gasteiger partial charge on any atom is 0.165 e. The van der Waals surface area contributed by atoms with Gasteiger partial charge in [0, 0.05) is 12.1 Å². The van der Waals surface area contributed by atoms with E-state index >= 15 is 0 Å². The van der Waals surface area contributed by atoms with E-state index in [1.54, 1.807) is 0 Å². The number of nitrogens with zero attached hydrogens (tertiary/aromatic N) is 4. The van der Waals surface area contributed by atoms with Crippen molar-refractivity contribution < 1.29 is 5.11 Å². The first-order valence-corrected chi connectivity index (χ1v) is 7.80. The van der Waals surface area contributed by atoms with Crippen molar-refractivity contribution in [1.82, 2.24) is 25.5 Å². The first-order valence-electron chi connectivity index (χ1n) is 7.80. The third kappa shape index (κ3) is 3.55. The highest BCUT2D eigenvalue weighted by atomic mass is 16.3. The topological polar surface area (TPSA) is 75.9 Å². The van der Waals surface area contributed by atoms with Gasteiger partial charge in [0.15, 0.2) is 5.82 Å². The van der Waals surface area contributed by atoms with Crippen molar-refractivity contribution in [2.24, 2.45) is 5.92 Å². The van der Waals surface area contributed by atoms with Gasteiger partial charge in [-0.15, -0.1) is 5.10 Å². The molecule has 1 saturated carbocycles. The SMILES string of the molecule is CCCn1nnnc1CN[C@](C)(CO)C1CCCCC1. The number of nitrogens with one attached hydrogen (secondary N) is 1. The third-order valence-electron chi connectivity index (χ3n) is 4.53. The van der Waals surface area contributed by atoms with E-state index in [4.69, 9.17) is 0 Å². The monoisotopic (exact) mass is 281 g/mol. The first kappa shape index (κ1) is 15.4. The first-order chi connectivity index (χ1) is 9.69. The molecule has 1 aliphatic rings. The lowest BCUT2D eigenvalue weighted by molar-refractivity contribution is 0.0926. The van der Waals surface area contributed by atoms with Crippen molar-refractivity contribution in [2.75, 3.05) is 6.61 Å². The lowest BCUT2D eigenvalue weighted by Crippen LogP contribution is -2.52. The molecule has 6 nitrogen and oxygen atoms in total. The van der Waals surface area contributed by atoms with Crippen LogP contribution in [0.25, 0.3) is 0 Å². The van der Waals surface area contributed by atoms with Crippen molar-refractivity contribution in [1.29, 1.82) is 0 Å². The summed E-state index contributed by atoms with van der Waals surface area (Å²) in [5, 5.41) is 25.1.